The van der Waals surface area contributed by atoms with Crippen LogP contribution in [0, 0.1) is 62.2 Å². The molecule has 0 radical (unpaired) electrons. The molecule has 8 fully saturated rings. The van der Waals surface area contributed by atoms with Crippen molar-refractivity contribution in [3.05, 3.63) is 44.8 Å². The fourth-order valence-corrected chi connectivity index (χ4v) is 11.4. The molecule has 0 aromatic carbocycles. The molecule has 6 saturated carbocycles. The second-order valence-corrected chi connectivity index (χ2v) is 21.6. The first kappa shape index (κ1) is 39.5. The fourth-order valence-electron chi connectivity index (χ4n) is 11.4. The van der Waals surface area contributed by atoms with Crippen LogP contribution in [-0.4, -0.2) is 118 Å². The lowest BCUT2D eigenvalue weighted by molar-refractivity contribution is 0.00307. The number of pyridine rings is 2. The summed E-state index contributed by atoms with van der Waals surface area (Å²) in [5.41, 5.74) is 8.84. The smallest absolute Gasteiger partial charge is 0.256 e. The van der Waals surface area contributed by atoms with Gasteiger partial charge in [-0.25, -0.2) is 9.97 Å². The van der Waals surface area contributed by atoms with Gasteiger partial charge in [0, 0.05) is 74.1 Å². The van der Waals surface area contributed by atoms with Gasteiger partial charge in [-0.05, 0) is 125 Å². The quantitative estimate of drug-likeness (QED) is 0.278. The standard InChI is InChI=1S/2C24H33N3O3/c2*1-13-14(2)22(25-17-10-27(23(29)21(13)17)18-8-15(18)11-28)26-7-4-20(16-9-19(16)26)30-12-24(3)5-6-24/h2*15-16,18-20,28H,4-12H2,1-3H3. The Bertz CT molecular complexity index is 1970. The van der Waals surface area contributed by atoms with Gasteiger partial charge in [-0.3, -0.25) is 9.59 Å². The summed E-state index contributed by atoms with van der Waals surface area (Å²) in [6.07, 6.45) is 12.4. The zero-order chi connectivity index (χ0) is 41.6. The fraction of sp³-hybridized carbons (Fsp3) is 0.750. The Kier molecular flexibility index (Phi) is 9.28. The summed E-state index contributed by atoms with van der Waals surface area (Å²) in [7, 11) is 0. The monoisotopic (exact) mass is 823 g/mol. The van der Waals surface area contributed by atoms with Crippen molar-refractivity contribution in [2.75, 3.05) is 49.3 Å². The Morgan fingerprint density at radius 1 is 0.583 bits per heavy atom. The van der Waals surface area contributed by atoms with Crippen molar-refractivity contribution in [2.45, 2.75) is 155 Å². The van der Waals surface area contributed by atoms with E-state index in [1.54, 1.807) is 0 Å². The van der Waals surface area contributed by atoms with Crippen LogP contribution in [0.1, 0.15) is 132 Å². The van der Waals surface area contributed by atoms with Gasteiger partial charge in [-0.15, -0.1) is 0 Å². The first-order valence-electron chi connectivity index (χ1n) is 23.4. The Labute approximate surface area is 355 Å². The summed E-state index contributed by atoms with van der Waals surface area (Å²) in [4.78, 5) is 45.1. The van der Waals surface area contributed by atoms with Crippen molar-refractivity contribution < 1.29 is 29.3 Å². The van der Waals surface area contributed by atoms with Crippen LogP contribution in [0.5, 0.6) is 0 Å². The van der Waals surface area contributed by atoms with Crippen LogP contribution in [0.3, 0.4) is 0 Å². The number of hydrogen-bond donors (Lipinski definition) is 2. The highest BCUT2D eigenvalue weighted by atomic mass is 16.5. The first-order chi connectivity index (χ1) is 28.8. The van der Waals surface area contributed by atoms with Crippen LogP contribution in [0.4, 0.5) is 11.6 Å². The summed E-state index contributed by atoms with van der Waals surface area (Å²) in [5.74, 6) is 4.12. The molecule has 12 rings (SSSR count). The SMILES string of the molecule is Cc1c(N2CCC(OCC3(C)CC3)C3CC32)nc2c(c1C)C(=O)N(C1CC1CO)C2.Cc1c(N2CCC(OCC3(C)CC3)C3CC32)nc2c(c1C)C(=O)N(C1CC1CO)C2. The Hall–Kier alpha value is -3.32. The van der Waals surface area contributed by atoms with Crippen LogP contribution in [0.25, 0.3) is 0 Å². The van der Waals surface area contributed by atoms with Gasteiger partial charge in [-0.1, -0.05) is 13.8 Å². The van der Waals surface area contributed by atoms with Gasteiger partial charge < -0.3 is 39.3 Å². The number of anilines is 2. The molecule has 10 atom stereocenters. The van der Waals surface area contributed by atoms with Gasteiger partial charge in [-0.2, -0.15) is 0 Å². The summed E-state index contributed by atoms with van der Waals surface area (Å²) in [6, 6.07) is 1.45. The third-order valence-electron chi connectivity index (χ3n) is 17.0. The lowest BCUT2D eigenvalue weighted by Gasteiger charge is -2.34. The predicted octanol–water partition coefficient (Wildman–Crippen LogP) is 5.64. The van der Waals surface area contributed by atoms with Crippen molar-refractivity contribution in [3.63, 3.8) is 0 Å². The number of ether oxygens (including phenoxy) is 2. The normalized spacial score (nSPS) is 35.3. The van der Waals surface area contributed by atoms with E-state index < -0.39 is 0 Å². The van der Waals surface area contributed by atoms with Crippen LogP contribution < -0.4 is 9.80 Å². The van der Waals surface area contributed by atoms with Gasteiger partial charge >= 0.3 is 0 Å². The number of piperidine rings is 2. The van der Waals surface area contributed by atoms with E-state index >= 15 is 0 Å². The van der Waals surface area contributed by atoms with Crippen LogP contribution in [0.15, 0.2) is 0 Å². The number of fused-ring (bicyclic) bond motifs is 4. The van der Waals surface area contributed by atoms with E-state index in [9.17, 15) is 19.8 Å². The van der Waals surface area contributed by atoms with Crippen molar-refractivity contribution in [1.82, 2.24) is 19.8 Å². The molecule has 4 aliphatic heterocycles. The molecule has 6 aliphatic carbocycles. The summed E-state index contributed by atoms with van der Waals surface area (Å²) in [6.45, 7) is 18.4. The number of aliphatic hydroxyl groups excluding tert-OH is 2. The number of carbonyl (C=O) groups is 2. The molecule has 12 heteroatoms. The van der Waals surface area contributed by atoms with E-state index in [0.29, 0.717) is 60.0 Å². The molecule has 0 spiro atoms. The minimum absolute atomic E-state index is 0.107. The Morgan fingerprint density at radius 3 is 1.33 bits per heavy atom. The molecule has 2 saturated heterocycles. The maximum absolute atomic E-state index is 13.0. The number of nitrogens with zero attached hydrogens (tertiary/aromatic N) is 6. The summed E-state index contributed by atoms with van der Waals surface area (Å²) >= 11 is 0. The topological polar surface area (TPSA) is 132 Å². The number of aromatic nitrogens is 2. The van der Waals surface area contributed by atoms with Crippen LogP contribution >= 0.6 is 0 Å². The molecular weight excluding hydrogens is 757 g/mol. The number of hydrogen-bond acceptors (Lipinski definition) is 10. The third-order valence-corrected chi connectivity index (χ3v) is 17.0. The maximum atomic E-state index is 13.0. The number of rotatable bonds is 12. The lowest BCUT2D eigenvalue weighted by Crippen LogP contribution is -2.40. The molecule has 0 bridgehead atoms. The van der Waals surface area contributed by atoms with Gasteiger partial charge in [0.05, 0.1) is 61.0 Å². The second kappa shape index (κ2) is 14.1. The molecule has 10 unspecified atom stereocenters. The zero-order valence-corrected chi connectivity index (χ0v) is 36.7. The molecule has 60 heavy (non-hydrogen) atoms. The minimum Gasteiger partial charge on any atom is -0.396 e. The van der Waals surface area contributed by atoms with E-state index in [1.165, 1.54) is 38.5 Å². The number of amides is 2. The zero-order valence-electron chi connectivity index (χ0n) is 36.7. The molecule has 2 N–H and O–H groups in total. The van der Waals surface area contributed by atoms with E-state index in [4.69, 9.17) is 19.4 Å². The van der Waals surface area contributed by atoms with E-state index in [0.717, 1.165) is 108 Å². The van der Waals surface area contributed by atoms with E-state index in [2.05, 4.69) is 51.3 Å². The number of aliphatic hydroxyl groups is 2. The lowest BCUT2D eigenvalue weighted by atomic mass is 10.0. The van der Waals surface area contributed by atoms with E-state index in [1.807, 2.05) is 9.80 Å². The molecule has 2 aromatic heterocycles. The van der Waals surface area contributed by atoms with Gasteiger partial charge in [0.25, 0.3) is 11.8 Å². The average molecular weight is 823 g/mol. The molecule has 2 amide bonds. The van der Waals surface area contributed by atoms with Gasteiger partial charge in [0.15, 0.2) is 0 Å². The predicted molar refractivity (Wildman–Crippen MR) is 227 cm³/mol. The molecule has 2 aromatic rings. The molecule has 12 nitrogen and oxygen atoms in total. The third kappa shape index (κ3) is 6.76. The van der Waals surface area contributed by atoms with Crippen LogP contribution in [0.2, 0.25) is 0 Å². The van der Waals surface area contributed by atoms with Gasteiger partial charge in [0.2, 0.25) is 0 Å². The van der Waals surface area contributed by atoms with Crippen molar-refractivity contribution in [2.24, 2.45) is 34.5 Å². The minimum atomic E-state index is 0.107. The Balaban J connectivity index is 0.000000136. The Morgan fingerprint density at radius 2 is 0.983 bits per heavy atom. The molecule has 10 aliphatic rings. The van der Waals surface area contributed by atoms with Crippen molar-refractivity contribution >= 4 is 23.5 Å². The largest absolute Gasteiger partial charge is 0.396 e. The first-order valence-corrected chi connectivity index (χ1v) is 23.4. The van der Waals surface area contributed by atoms with Crippen LogP contribution in [-0.2, 0) is 22.6 Å². The van der Waals surface area contributed by atoms with Crippen molar-refractivity contribution in [3.8, 4) is 0 Å². The van der Waals surface area contributed by atoms with Gasteiger partial charge in [0.1, 0.15) is 11.6 Å². The summed E-state index contributed by atoms with van der Waals surface area (Å²) < 4.78 is 12.7. The highest BCUT2D eigenvalue weighted by Crippen LogP contribution is 2.52. The average Bonchev–Trinajstić information content (AvgIpc) is 3.99. The molecular formula is C48H66N6O6. The van der Waals surface area contributed by atoms with E-state index in [-0.39, 0.29) is 48.9 Å². The maximum Gasteiger partial charge on any atom is 0.256 e. The highest BCUT2D eigenvalue weighted by molar-refractivity contribution is 6.01. The molecule has 6 heterocycles. The number of carbonyl (C=O) groups excluding carboxylic acids is 2. The molecule has 324 valence electrons. The van der Waals surface area contributed by atoms with Crippen molar-refractivity contribution in [1.29, 1.82) is 0 Å². The second-order valence-electron chi connectivity index (χ2n) is 21.6. The summed E-state index contributed by atoms with van der Waals surface area (Å²) in [5, 5.41) is 18.8. The highest BCUT2D eigenvalue weighted by Gasteiger charge is 2.55.